The van der Waals surface area contributed by atoms with Crippen molar-refractivity contribution in [1.29, 1.82) is 0 Å². The molecule has 5 nitrogen and oxygen atoms in total. The molecule has 5 heteroatoms. The highest BCUT2D eigenvalue weighted by Gasteiger charge is 2.22. The van der Waals surface area contributed by atoms with Crippen molar-refractivity contribution in [3.8, 4) is 11.5 Å². The number of carbonyl (C=O) groups excluding carboxylic acids is 1. The summed E-state index contributed by atoms with van der Waals surface area (Å²) < 4.78 is 10.9. The van der Waals surface area contributed by atoms with Crippen LogP contribution in [0.1, 0.15) is 19.3 Å². The maximum atomic E-state index is 11.2. The van der Waals surface area contributed by atoms with Crippen LogP contribution in [0.3, 0.4) is 0 Å². The molecular formula is C13H16N2O3. The predicted molar refractivity (Wildman–Crippen MR) is 67.8 cm³/mol. The third-order valence-electron chi connectivity index (χ3n) is 3.23. The molecule has 1 aliphatic carbocycles. The summed E-state index contributed by atoms with van der Waals surface area (Å²) in [7, 11) is 0. The van der Waals surface area contributed by atoms with Gasteiger partial charge in [0.2, 0.25) is 0 Å². The van der Waals surface area contributed by atoms with E-state index in [9.17, 15) is 4.79 Å². The average molecular weight is 248 g/mol. The smallest absolute Gasteiger partial charge is 0.262 e. The van der Waals surface area contributed by atoms with E-state index in [1.807, 2.05) is 0 Å². The zero-order chi connectivity index (χ0) is 12.5. The lowest BCUT2D eigenvalue weighted by Gasteiger charge is -2.20. The zero-order valence-electron chi connectivity index (χ0n) is 10.1. The maximum absolute atomic E-state index is 11.2. The van der Waals surface area contributed by atoms with Crippen molar-refractivity contribution in [2.24, 2.45) is 5.92 Å². The van der Waals surface area contributed by atoms with Gasteiger partial charge >= 0.3 is 0 Å². The number of carbonyl (C=O) groups is 1. The molecular weight excluding hydrogens is 232 g/mol. The van der Waals surface area contributed by atoms with Crippen LogP contribution in [0.2, 0.25) is 0 Å². The van der Waals surface area contributed by atoms with E-state index in [2.05, 4.69) is 5.32 Å². The van der Waals surface area contributed by atoms with Gasteiger partial charge in [-0.15, -0.1) is 0 Å². The van der Waals surface area contributed by atoms with E-state index in [4.69, 9.17) is 15.2 Å². The highest BCUT2D eigenvalue weighted by atomic mass is 16.5. The summed E-state index contributed by atoms with van der Waals surface area (Å²) in [5.74, 6) is 1.88. The number of nitrogens with one attached hydrogen (secondary N) is 1. The fourth-order valence-electron chi connectivity index (χ4n) is 1.99. The van der Waals surface area contributed by atoms with Crippen LogP contribution in [0.15, 0.2) is 12.1 Å². The minimum absolute atomic E-state index is 0.0360. The molecule has 0 radical (unpaired) electrons. The number of nitrogens with two attached hydrogens (primary N) is 1. The first-order valence-corrected chi connectivity index (χ1v) is 6.21. The van der Waals surface area contributed by atoms with Crippen LogP contribution < -0.4 is 20.5 Å². The quantitative estimate of drug-likeness (QED) is 0.796. The third kappa shape index (κ3) is 2.34. The largest absolute Gasteiger partial charge is 0.491 e. The number of hydrogen-bond donors (Lipinski definition) is 2. The number of anilines is 2. The van der Waals surface area contributed by atoms with Crippen LogP contribution in [-0.4, -0.2) is 19.1 Å². The number of rotatable bonds is 4. The van der Waals surface area contributed by atoms with E-state index in [-0.39, 0.29) is 12.5 Å². The molecule has 0 unspecified atom stereocenters. The molecule has 1 fully saturated rings. The molecule has 1 aromatic rings. The summed E-state index contributed by atoms with van der Waals surface area (Å²) >= 11 is 0. The molecule has 0 atom stereocenters. The van der Waals surface area contributed by atoms with E-state index in [0.29, 0.717) is 29.5 Å². The standard InChI is InChI=1S/C13H16N2O3/c14-9-5-12-10(15-13(16)7-18-12)6-11(9)17-4-3-8-1-2-8/h5-6,8H,1-4,7,14H2,(H,15,16). The van der Waals surface area contributed by atoms with E-state index in [0.717, 1.165) is 12.3 Å². The number of ether oxygens (including phenoxy) is 2. The van der Waals surface area contributed by atoms with Crippen LogP contribution in [0.25, 0.3) is 0 Å². The summed E-state index contributed by atoms with van der Waals surface area (Å²) in [5.41, 5.74) is 7.06. The first-order valence-electron chi connectivity index (χ1n) is 6.21. The molecule has 96 valence electrons. The number of benzene rings is 1. The Balaban J connectivity index is 1.72. The van der Waals surface area contributed by atoms with Gasteiger partial charge in [-0.3, -0.25) is 4.79 Å². The molecule has 18 heavy (non-hydrogen) atoms. The van der Waals surface area contributed by atoms with Gasteiger partial charge in [0.05, 0.1) is 18.0 Å². The highest BCUT2D eigenvalue weighted by Crippen LogP contribution is 2.37. The fraction of sp³-hybridized carbons (Fsp3) is 0.462. The topological polar surface area (TPSA) is 73.6 Å². The lowest BCUT2D eigenvalue weighted by atomic mass is 10.2. The lowest BCUT2D eigenvalue weighted by Crippen LogP contribution is -2.25. The Bertz CT molecular complexity index is 483. The van der Waals surface area contributed by atoms with Gasteiger partial charge in [-0.2, -0.15) is 0 Å². The average Bonchev–Trinajstić information content (AvgIpc) is 3.14. The van der Waals surface area contributed by atoms with Crippen LogP contribution in [0.4, 0.5) is 11.4 Å². The second kappa shape index (κ2) is 4.40. The molecule has 0 saturated heterocycles. The molecule has 1 amide bonds. The molecule has 2 aliphatic rings. The number of hydrogen-bond acceptors (Lipinski definition) is 4. The number of fused-ring (bicyclic) bond motifs is 1. The Kier molecular flexibility index (Phi) is 2.74. The molecule has 0 aromatic heterocycles. The van der Waals surface area contributed by atoms with E-state index in [1.165, 1.54) is 12.8 Å². The van der Waals surface area contributed by atoms with Crippen LogP contribution in [0.5, 0.6) is 11.5 Å². The molecule has 3 rings (SSSR count). The summed E-state index contributed by atoms with van der Waals surface area (Å²) in [6.07, 6.45) is 3.69. The van der Waals surface area contributed by atoms with Crippen molar-refractivity contribution >= 4 is 17.3 Å². The fourth-order valence-corrected chi connectivity index (χ4v) is 1.99. The first-order chi connectivity index (χ1) is 8.72. The van der Waals surface area contributed by atoms with E-state index >= 15 is 0 Å². The van der Waals surface area contributed by atoms with Crippen molar-refractivity contribution in [1.82, 2.24) is 0 Å². The van der Waals surface area contributed by atoms with E-state index < -0.39 is 0 Å². The maximum Gasteiger partial charge on any atom is 0.262 e. The van der Waals surface area contributed by atoms with Gasteiger partial charge in [0.25, 0.3) is 5.91 Å². The highest BCUT2D eigenvalue weighted by molar-refractivity contribution is 5.96. The molecule has 1 saturated carbocycles. The van der Waals surface area contributed by atoms with Crippen molar-refractivity contribution in [2.45, 2.75) is 19.3 Å². The second-order valence-corrected chi connectivity index (χ2v) is 4.80. The Hall–Kier alpha value is -1.91. The third-order valence-corrected chi connectivity index (χ3v) is 3.23. The normalized spacial score (nSPS) is 17.7. The molecule has 1 aromatic carbocycles. The summed E-state index contributed by atoms with van der Waals surface area (Å²) in [4.78, 5) is 11.2. The van der Waals surface area contributed by atoms with Gasteiger partial charge in [0, 0.05) is 12.1 Å². The molecule has 1 aliphatic heterocycles. The first kappa shape index (κ1) is 11.2. The molecule has 0 spiro atoms. The number of nitrogen functional groups attached to an aromatic ring is 1. The van der Waals surface area contributed by atoms with Crippen molar-refractivity contribution in [3.63, 3.8) is 0 Å². The molecule has 0 bridgehead atoms. The minimum Gasteiger partial charge on any atom is -0.491 e. The Labute approximate surface area is 105 Å². The van der Waals surface area contributed by atoms with Crippen molar-refractivity contribution in [3.05, 3.63) is 12.1 Å². The van der Waals surface area contributed by atoms with E-state index in [1.54, 1.807) is 12.1 Å². The predicted octanol–water partition coefficient (Wildman–Crippen LogP) is 1.78. The Morgan fingerprint density at radius 1 is 1.44 bits per heavy atom. The Morgan fingerprint density at radius 3 is 3.06 bits per heavy atom. The zero-order valence-corrected chi connectivity index (χ0v) is 10.1. The van der Waals surface area contributed by atoms with Crippen LogP contribution in [-0.2, 0) is 4.79 Å². The van der Waals surface area contributed by atoms with Gasteiger partial charge < -0.3 is 20.5 Å². The second-order valence-electron chi connectivity index (χ2n) is 4.80. The van der Waals surface area contributed by atoms with Gasteiger partial charge in [0.15, 0.2) is 6.61 Å². The SMILES string of the molecule is Nc1cc2c(cc1OCCC1CC1)NC(=O)CO2. The van der Waals surface area contributed by atoms with Gasteiger partial charge in [-0.25, -0.2) is 0 Å². The van der Waals surface area contributed by atoms with Crippen molar-refractivity contribution < 1.29 is 14.3 Å². The molecule has 1 heterocycles. The van der Waals surface area contributed by atoms with Crippen LogP contribution in [0, 0.1) is 5.92 Å². The van der Waals surface area contributed by atoms with Crippen molar-refractivity contribution in [2.75, 3.05) is 24.3 Å². The van der Waals surface area contributed by atoms with Gasteiger partial charge in [-0.05, 0) is 12.3 Å². The van der Waals surface area contributed by atoms with Crippen LogP contribution >= 0.6 is 0 Å². The minimum atomic E-state index is -0.156. The number of amides is 1. The van der Waals surface area contributed by atoms with Gasteiger partial charge in [0.1, 0.15) is 11.5 Å². The lowest BCUT2D eigenvalue weighted by molar-refractivity contribution is -0.118. The summed E-state index contributed by atoms with van der Waals surface area (Å²) in [6.45, 7) is 0.705. The summed E-state index contributed by atoms with van der Waals surface area (Å²) in [5, 5.41) is 2.74. The molecule has 3 N–H and O–H groups in total. The van der Waals surface area contributed by atoms with Gasteiger partial charge in [-0.1, -0.05) is 12.8 Å². The monoisotopic (exact) mass is 248 g/mol. The Morgan fingerprint density at radius 2 is 2.28 bits per heavy atom. The summed E-state index contributed by atoms with van der Waals surface area (Å²) in [6, 6.07) is 3.43.